The number of likely N-dealkylation sites (tertiary alicyclic amines) is 1. The molecule has 0 radical (unpaired) electrons. The molecular weight excluding hydrogens is 235 g/mol. The summed E-state index contributed by atoms with van der Waals surface area (Å²) in [6.07, 6.45) is -0.294. The number of aliphatic hydroxyl groups is 1. The van der Waals surface area contributed by atoms with Gasteiger partial charge in [-0.2, -0.15) is 0 Å². The highest BCUT2D eigenvalue weighted by Crippen LogP contribution is 2.09. The predicted molar refractivity (Wildman–Crippen MR) is 65.4 cm³/mol. The van der Waals surface area contributed by atoms with Gasteiger partial charge in [0.2, 0.25) is 5.91 Å². The van der Waals surface area contributed by atoms with Gasteiger partial charge in [-0.05, 0) is 24.1 Å². The third kappa shape index (κ3) is 3.27. The molecule has 1 saturated heterocycles. The quantitative estimate of drug-likeness (QED) is 0.817. The second kappa shape index (κ2) is 5.46. The molecule has 0 aromatic heterocycles. The first-order valence-electron chi connectivity index (χ1n) is 5.97. The van der Waals surface area contributed by atoms with Gasteiger partial charge in [-0.3, -0.25) is 9.69 Å². The van der Waals surface area contributed by atoms with Gasteiger partial charge in [-0.25, -0.2) is 4.39 Å². The summed E-state index contributed by atoms with van der Waals surface area (Å²) in [5.74, 6) is -0.316. The highest BCUT2D eigenvalue weighted by molar-refractivity contribution is 5.78. The Morgan fingerprint density at radius 1 is 1.56 bits per heavy atom. The summed E-state index contributed by atoms with van der Waals surface area (Å²) >= 11 is 0. The number of rotatable bonds is 4. The highest BCUT2D eigenvalue weighted by atomic mass is 19.1. The van der Waals surface area contributed by atoms with Crippen molar-refractivity contribution in [1.29, 1.82) is 0 Å². The first kappa shape index (κ1) is 13.0. The molecule has 0 aliphatic carbocycles. The zero-order chi connectivity index (χ0) is 13.1. The van der Waals surface area contributed by atoms with Crippen molar-refractivity contribution in [2.75, 3.05) is 19.6 Å². The summed E-state index contributed by atoms with van der Waals surface area (Å²) in [7, 11) is 0. The molecule has 0 spiro atoms. The number of hydrogen-bond donors (Lipinski definition) is 2. The molecule has 18 heavy (non-hydrogen) atoms. The number of benzene rings is 1. The number of aliphatic hydroxyl groups excluding tert-OH is 1. The molecule has 0 saturated carbocycles. The number of nitrogens with zero attached hydrogens (tertiary/aromatic N) is 1. The molecule has 0 atom stereocenters. The smallest absolute Gasteiger partial charge is 0.234 e. The van der Waals surface area contributed by atoms with Gasteiger partial charge >= 0.3 is 0 Å². The summed E-state index contributed by atoms with van der Waals surface area (Å²) in [5, 5.41) is 11.9. The molecule has 1 fully saturated rings. The molecule has 2 rings (SSSR count). The van der Waals surface area contributed by atoms with E-state index in [-0.39, 0.29) is 17.8 Å². The van der Waals surface area contributed by atoms with Crippen molar-refractivity contribution in [3.05, 3.63) is 35.1 Å². The van der Waals surface area contributed by atoms with Crippen LogP contribution in [0.1, 0.15) is 11.1 Å². The monoisotopic (exact) mass is 252 g/mol. The van der Waals surface area contributed by atoms with Crippen molar-refractivity contribution in [2.45, 2.75) is 19.6 Å². The van der Waals surface area contributed by atoms with Gasteiger partial charge in [0.15, 0.2) is 0 Å². The van der Waals surface area contributed by atoms with Crippen LogP contribution in [0.4, 0.5) is 4.39 Å². The number of carbonyl (C=O) groups excluding carboxylic acids is 1. The van der Waals surface area contributed by atoms with E-state index in [9.17, 15) is 9.18 Å². The van der Waals surface area contributed by atoms with Crippen LogP contribution in [0.5, 0.6) is 0 Å². The molecule has 1 aromatic rings. The van der Waals surface area contributed by atoms with Gasteiger partial charge in [0.25, 0.3) is 0 Å². The molecule has 1 heterocycles. The van der Waals surface area contributed by atoms with E-state index in [4.69, 9.17) is 5.11 Å². The van der Waals surface area contributed by atoms with Crippen molar-refractivity contribution in [3.8, 4) is 0 Å². The molecule has 5 heteroatoms. The van der Waals surface area contributed by atoms with Gasteiger partial charge in [-0.1, -0.05) is 12.1 Å². The van der Waals surface area contributed by atoms with Crippen LogP contribution in [0.3, 0.4) is 0 Å². The van der Waals surface area contributed by atoms with Crippen LogP contribution >= 0.6 is 0 Å². The Bertz CT molecular complexity index is 445. The molecule has 1 aromatic carbocycles. The zero-order valence-corrected chi connectivity index (χ0v) is 10.3. The Hall–Kier alpha value is -1.46. The van der Waals surface area contributed by atoms with Crippen molar-refractivity contribution < 1.29 is 14.3 Å². The number of halogens is 1. The minimum Gasteiger partial charge on any atom is -0.390 e. The van der Waals surface area contributed by atoms with Crippen LogP contribution in [0.2, 0.25) is 0 Å². The van der Waals surface area contributed by atoms with Crippen LogP contribution in [0, 0.1) is 12.7 Å². The summed E-state index contributed by atoms with van der Waals surface area (Å²) in [6.45, 7) is 3.52. The number of aryl methyl sites for hydroxylation is 1. The fourth-order valence-electron chi connectivity index (χ4n) is 1.95. The highest BCUT2D eigenvalue weighted by Gasteiger charge is 2.25. The fourth-order valence-corrected chi connectivity index (χ4v) is 1.95. The SMILES string of the molecule is Cc1cc(CNC(=O)CN2CC(O)C2)ccc1F. The van der Waals surface area contributed by atoms with E-state index >= 15 is 0 Å². The molecule has 1 aliphatic rings. The van der Waals surface area contributed by atoms with E-state index in [0.717, 1.165) is 5.56 Å². The summed E-state index contributed by atoms with van der Waals surface area (Å²) < 4.78 is 13.0. The second-order valence-corrected chi connectivity index (χ2v) is 4.71. The Kier molecular flexibility index (Phi) is 3.93. The lowest BCUT2D eigenvalue weighted by Gasteiger charge is -2.35. The van der Waals surface area contributed by atoms with Crippen LogP contribution in [-0.2, 0) is 11.3 Å². The number of β-amino-alcohol motifs (C(OH)–C–C–N with tert-alkyl or cyclic N) is 1. The van der Waals surface area contributed by atoms with E-state index in [1.54, 1.807) is 19.1 Å². The summed E-state index contributed by atoms with van der Waals surface area (Å²) in [4.78, 5) is 13.4. The molecule has 0 bridgehead atoms. The topological polar surface area (TPSA) is 52.6 Å². The normalized spacial score (nSPS) is 16.4. The minimum atomic E-state index is -0.294. The predicted octanol–water partition coefficient (Wildman–Crippen LogP) is 0.427. The van der Waals surface area contributed by atoms with Crippen LogP contribution in [0.25, 0.3) is 0 Å². The number of amides is 1. The van der Waals surface area contributed by atoms with Crippen molar-refractivity contribution >= 4 is 5.91 Å². The van der Waals surface area contributed by atoms with Gasteiger partial charge < -0.3 is 10.4 Å². The number of nitrogens with one attached hydrogen (secondary N) is 1. The van der Waals surface area contributed by atoms with E-state index in [1.165, 1.54) is 6.07 Å². The van der Waals surface area contributed by atoms with Gasteiger partial charge in [-0.15, -0.1) is 0 Å². The first-order chi connectivity index (χ1) is 8.54. The lowest BCUT2D eigenvalue weighted by molar-refractivity contribution is -0.125. The summed E-state index contributed by atoms with van der Waals surface area (Å²) in [6, 6.07) is 4.79. The Labute approximate surface area is 105 Å². The maximum absolute atomic E-state index is 13.0. The second-order valence-electron chi connectivity index (χ2n) is 4.71. The average Bonchev–Trinajstić information content (AvgIpc) is 2.29. The Morgan fingerprint density at radius 2 is 2.28 bits per heavy atom. The largest absolute Gasteiger partial charge is 0.390 e. The molecule has 0 unspecified atom stereocenters. The third-order valence-electron chi connectivity index (χ3n) is 3.02. The van der Waals surface area contributed by atoms with Crippen molar-refractivity contribution in [1.82, 2.24) is 10.2 Å². The lowest BCUT2D eigenvalue weighted by atomic mass is 10.1. The average molecular weight is 252 g/mol. The maximum Gasteiger partial charge on any atom is 0.234 e. The van der Waals surface area contributed by atoms with Crippen LogP contribution in [0.15, 0.2) is 18.2 Å². The van der Waals surface area contributed by atoms with E-state index < -0.39 is 0 Å². The molecule has 1 amide bonds. The zero-order valence-electron chi connectivity index (χ0n) is 10.3. The Balaban J connectivity index is 1.76. The molecule has 4 nitrogen and oxygen atoms in total. The Morgan fingerprint density at radius 3 is 2.89 bits per heavy atom. The number of hydrogen-bond acceptors (Lipinski definition) is 3. The van der Waals surface area contributed by atoms with E-state index in [0.29, 0.717) is 31.7 Å². The fraction of sp³-hybridized carbons (Fsp3) is 0.462. The summed E-state index contributed by atoms with van der Waals surface area (Å²) in [5.41, 5.74) is 1.46. The van der Waals surface area contributed by atoms with E-state index in [2.05, 4.69) is 5.32 Å². The van der Waals surface area contributed by atoms with Crippen LogP contribution in [-0.4, -0.2) is 41.7 Å². The standard InChI is InChI=1S/C13H17FN2O2/c1-9-4-10(2-3-12(9)14)5-15-13(18)8-16-6-11(17)7-16/h2-4,11,17H,5-8H2,1H3,(H,15,18). The lowest BCUT2D eigenvalue weighted by Crippen LogP contribution is -2.53. The van der Waals surface area contributed by atoms with Gasteiger partial charge in [0, 0.05) is 19.6 Å². The van der Waals surface area contributed by atoms with Crippen molar-refractivity contribution in [3.63, 3.8) is 0 Å². The molecule has 2 N–H and O–H groups in total. The molecule has 1 aliphatic heterocycles. The molecule has 98 valence electrons. The van der Waals surface area contributed by atoms with Gasteiger partial charge in [0.1, 0.15) is 5.82 Å². The number of carbonyl (C=O) groups is 1. The van der Waals surface area contributed by atoms with Crippen molar-refractivity contribution in [2.24, 2.45) is 0 Å². The van der Waals surface area contributed by atoms with E-state index in [1.807, 2.05) is 4.90 Å². The van der Waals surface area contributed by atoms with Crippen LogP contribution < -0.4 is 5.32 Å². The first-order valence-corrected chi connectivity index (χ1v) is 5.97. The molecular formula is C13H17FN2O2. The maximum atomic E-state index is 13.0. The third-order valence-corrected chi connectivity index (χ3v) is 3.02. The minimum absolute atomic E-state index is 0.0797. The van der Waals surface area contributed by atoms with Gasteiger partial charge in [0.05, 0.1) is 12.6 Å².